The van der Waals surface area contributed by atoms with Gasteiger partial charge >= 0.3 is 5.97 Å². The minimum Gasteiger partial charge on any atom is -0.481 e. The molecule has 0 spiro atoms. The van der Waals surface area contributed by atoms with Crippen LogP contribution in [0.25, 0.3) is 0 Å². The molecule has 256 valence electrons. The van der Waals surface area contributed by atoms with Gasteiger partial charge in [-0.25, -0.2) is 16.4 Å². The molecular formula is C35H42N4O9. The van der Waals surface area contributed by atoms with E-state index >= 15 is 0 Å². The van der Waals surface area contributed by atoms with E-state index in [1.54, 1.807) is 36.4 Å². The third-order valence-corrected chi connectivity index (χ3v) is 8.21. The van der Waals surface area contributed by atoms with Crippen molar-refractivity contribution < 1.29 is 43.6 Å². The largest absolute Gasteiger partial charge is 0.481 e. The first-order valence-corrected chi connectivity index (χ1v) is 15.4. The Morgan fingerprint density at radius 2 is 0.896 bits per heavy atom. The Bertz CT molecular complexity index is 1430. The molecular weight excluding hydrogens is 620 g/mol. The van der Waals surface area contributed by atoms with Crippen LogP contribution in [-0.2, 0) is 58.3 Å². The molecule has 0 aliphatic rings. The zero-order chi connectivity index (χ0) is 34.8. The number of carboxylic acid groups (broad SMARTS) is 1. The molecule has 0 saturated carbocycles. The van der Waals surface area contributed by atoms with Gasteiger partial charge in [-0.05, 0) is 42.9 Å². The molecule has 1 atom stereocenters. The summed E-state index contributed by atoms with van der Waals surface area (Å²) in [6.07, 6.45) is -2.14. The Labute approximate surface area is 279 Å². The summed E-state index contributed by atoms with van der Waals surface area (Å²) in [5, 5.41) is 10.5. The van der Waals surface area contributed by atoms with Gasteiger partial charge in [-0.3, -0.25) is 38.5 Å². The fraction of sp³-hybridized carbons (Fsp3) is 0.343. The van der Waals surface area contributed by atoms with Crippen molar-refractivity contribution in [2.75, 3.05) is 0 Å². The molecule has 3 rings (SSSR count). The maximum atomic E-state index is 13.3. The van der Waals surface area contributed by atoms with Gasteiger partial charge in [0.05, 0.1) is 30.7 Å². The third kappa shape index (κ3) is 11.3. The highest BCUT2D eigenvalue weighted by Gasteiger charge is 2.57. The Morgan fingerprint density at radius 1 is 0.583 bits per heavy atom. The molecule has 0 bridgehead atoms. The van der Waals surface area contributed by atoms with Gasteiger partial charge in [0.15, 0.2) is 0 Å². The number of hydrogen-bond donors (Lipinski definition) is 5. The molecule has 1 unspecified atom stereocenters. The van der Waals surface area contributed by atoms with Gasteiger partial charge in [-0.1, -0.05) is 91.0 Å². The molecule has 13 heteroatoms. The minimum absolute atomic E-state index is 0.0744. The fourth-order valence-electron chi connectivity index (χ4n) is 5.24. The van der Waals surface area contributed by atoms with Crippen molar-refractivity contribution in [2.24, 2.45) is 16.6 Å². The van der Waals surface area contributed by atoms with Crippen molar-refractivity contribution in [3.63, 3.8) is 0 Å². The van der Waals surface area contributed by atoms with Crippen LogP contribution in [0, 0.1) is 10.8 Å². The van der Waals surface area contributed by atoms with Crippen molar-refractivity contribution >= 4 is 29.6 Å². The van der Waals surface area contributed by atoms with Gasteiger partial charge in [0, 0.05) is 19.3 Å². The Hall–Kier alpha value is -5.11. The van der Waals surface area contributed by atoms with Crippen molar-refractivity contribution in [1.82, 2.24) is 16.4 Å². The quantitative estimate of drug-likeness (QED) is 0.106. The lowest BCUT2D eigenvalue weighted by atomic mass is 9.57. The molecule has 4 amide bonds. The average Bonchev–Trinajstić information content (AvgIpc) is 3.08. The van der Waals surface area contributed by atoms with Crippen LogP contribution in [-0.4, -0.2) is 34.7 Å². The number of nitrogens with one attached hydrogen (secondary N) is 3. The van der Waals surface area contributed by atoms with E-state index in [-0.39, 0.29) is 58.3 Å². The molecule has 3 aromatic rings. The summed E-state index contributed by atoms with van der Waals surface area (Å²) < 4.78 is 0. The summed E-state index contributed by atoms with van der Waals surface area (Å²) in [7, 11) is 0. The summed E-state index contributed by atoms with van der Waals surface area (Å²) in [5.74, 6) is -4.36. The van der Waals surface area contributed by atoms with E-state index < -0.39 is 40.4 Å². The van der Waals surface area contributed by atoms with Gasteiger partial charge in [-0.15, -0.1) is 0 Å². The molecule has 0 aromatic heterocycles. The number of benzene rings is 3. The molecule has 0 saturated heterocycles. The maximum Gasteiger partial charge on any atom is 0.310 e. The molecule has 13 nitrogen and oxygen atoms in total. The molecule has 0 radical (unpaired) electrons. The maximum absolute atomic E-state index is 13.3. The summed E-state index contributed by atoms with van der Waals surface area (Å²) in [6.45, 7) is 1.51. The highest BCUT2D eigenvalue weighted by atomic mass is 16.7. The smallest absolute Gasteiger partial charge is 0.310 e. The van der Waals surface area contributed by atoms with Crippen LogP contribution in [0.4, 0.5) is 0 Å². The van der Waals surface area contributed by atoms with E-state index in [0.717, 1.165) is 16.7 Å². The van der Waals surface area contributed by atoms with E-state index in [0.29, 0.717) is 0 Å². The van der Waals surface area contributed by atoms with E-state index in [2.05, 4.69) is 16.4 Å². The second-order valence-corrected chi connectivity index (χ2v) is 11.5. The monoisotopic (exact) mass is 662 g/mol. The van der Waals surface area contributed by atoms with E-state index in [9.17, 15) is 29.1 Å². The van der Waals surface area contributed by atoms with Gasteiger partial charge in [0.2, 0.25) is 23.6 Å². The average molecular weight is 663 g/mol. The van der Waals surface area contributed by atoms with Crippen LogP contribution in [0.1, 0.15) is 62.1 Å². The van der Waals surface area contributed by atoms with Crippen LogP contribution < -0.4 is 22.2 Å². The first-order chi connectivity index (χ1) is 23.1. The van der Waals surface area contributed by atoms with E-state index in [1.165, 1.54) is 6.92 Å². The summed E-state index contributed by atoms with van der Waals surface area (Å²) >= 11 is 0. The highest BCUT2D eigenvalue weighted by molar-refractivity contribution is 5.91. The Kier molecular flexibility index (Phi) is 14.7. The molecule has 6 N–H and O–H groups in total. The summed E-state index contributed by atoms with van der Waals surface area (Å²) in [5.41, 5.74) is 11.3. The van der Waals surface area contributed by atoms with Crippen LogP contribution >= 0.6 is 0 Å². The summed E-state index contributed by atoms with van der Waals surface area (Å²) in [4.78, 5) is 80.3. The van der Waals surface area contributed by atoms with E-state index in [4.69, 9.17) is 20.2 Å². The predicted molar refractivity (Wildman–Crippen MR) is 173 cm³/mol. The standard InChI is InChI=1S/C35H42N4O9/c1-34(33(44)45,20-17-29(40)37-46-23-26-11-5-2-6-12-26)35(32(36)43,21-18-30(41)38-47-24-27-13-7-3-8-14-27)22-19-31(42)39-48-25-28-15-9-4-10-16-28/h2-16H,17-25H2,1H3,(H2,36,43)(H,37,40)(H,38,41)(H,39,42)(H,44,45). The number of hydroxylamine groups is 3. The summed E-state index contributed by atoms with van der Waals surface area (Å²) in [6, 6.07) is 27.2. The number of primary amides is 1. The van der Waals surface area contributed by atoms with Crippen molar-refractivity contribution in [3.05, 3.63) is 108 Å². The Balaban J connectivity index is 1.71. The first-order valence-electron chi connectivity index (χ1n) is 15.4. The van der Waals surface area contributed by atoms with Crippen LogP contribution in [0.15, 0.2) is 91.0 Å². The van der Waals surface area contributed by atoms with Crippen molar-refractivity contribution in [3.8, 4) is 0 Å². The number of aliphatic carboxylic acids is 1. The number of carboxylic acids is 1. The predicted octanol–water partition coefficient (Wildman–Crippen LogP) is 3.63. The normalized spacial score (nSPS) is 12.4. The van der Waals surface area contributed by atoms with Crippen LogP contribution in [0.3, 0.4) is 0 Å². The molecule has 0 aliphatic heterocycles. The number of carbonyl (C=O) groups excluding carboxylic acids is 4. The Morgan fingerprint density at radius 3 is 1.19 bits per heavy atom. The van der Waals surface area contributed by atoms with Gasteiger partial charge in [0.1, 0.15) is 0 Å². The molecule has 0 aliphatic carbocycles. The second kappa shape index (κ2) is 18.9. The fourth-order valence-corrected chi connectivity index (χ4v) is 5.24. The zero-order valence-corrected chi connectivity index (χ0v) is 26.8. The molecule has 3 aromatic carbocycles. The van der Waals surface area contributed by atoms with Crippen LogP contribution in [0.5, 0.6) is 0 Å². The second-order valence-electron chi connectivity index (χ2n) is 11.5. The lowest BCUT2D eigenvalue weighted by Gasteiger charge is -2.44. The first kappa shape index (κ1) is 37.3. The zero-order valence-electron chi connectivity index (χ0n) is 26.8. The van der Waals surface area contributed by atoms with Crippen LogP contribution in [0.2, 0.25) is 0 Å². The topological polar surface area (TPSA) is 195 Å². The van der Waals surface area contributed by atoms with Gasteiger partial charge in [0.25, 0.3) is 0 Å². The number of rotatable bonds is 21. The molecule has 0 heterocycles. The van der Waals surface area contributed by atoms with Crippen molar-refractivity contribution in [1.29, 1.82) is 0 Å². The number of amides is 4. The number of hydrogen-bond acceptors (Lipinski definition) is 8. The lowest BCUT2D eigenvalue weighted by molar-refractivity contribution is -0.167. The SMILES string of the molecule is CC(CCC(=O)NOCc1ccccc1)(C(=O)O)C(CCC(=O)NOCc1ccccc1)(CCC(=O)NOCc1ccccc1)C(N)=O. The molecule has 0 fully saturated rings. The third-order valence-electron chi connectivity index (χ3n) is 8.21. The molecule has 48 heavy (non-hydrogen) atoms. The minimum atomic E-state index is -1.98. The highest BCUT2D eigenvalue weighted by Crippen LogP contribution is 2.50. The van der Waals surface area contributed by atoms with Gasteiger partial charge in [-0.2, -0.15) is 0 Å². The lowest BCUT2D eigenvalue weighted by Crippen LogP contribution is -2.54. The van der Waals surface area contributed by atoms with Crippen molar-refractivity contribution in [2.45, 2.75) is 65.3 Å². The number of nitrogens with two attached hydrogens (primary N) is 1. The van der Waals surface area contributed by atoms with E-state index in [1.807, 2.05) is 54.6 Å². The number of carbonyl (C=O) groups is 5. The van der Waals surface area contributed by atoms with Gasteiger partial charge < -0.3 is 10.8 Å².